The first-order valence-corrected chi connectivity index (χ1v) is 7.16. The molecule has 112 valence electrons. The van der Waals surface area contributed by atoms with Gasteiger partial charge in [0, 0.05) is 23.2 Å². The predicted molar refractivity (Wildman–Crippen MR) is 89.7 cm³/mol. The third-order valence-corrected chi connectivity index (χ3v) is 3.89. The average Bonchev–Trinajstić information content (AvgIpc) is 2.60. The number of rotatable bonds is 2. The van der Waals surface area contributed by atoms with Crippen molar-refractivity contribution in [2.75, 3.05) is 7.11 Å². The van der Waals surface area contributed by atoms with Crippen LogP contribution in [0.5, 0.6) is 5.75 Å². The number of aromatic amines is 1. The van der Waals surface area contributed by atoms with Crippen molar-refractivity contribution in [3.8, 4) is 16.9 Å². The van der Waals surface area contributed by atoms with E-state index in [0.717, 1.165) is 38.7 Å². The number of pyridine rings is 1. The van der Waals surface area contributed by atoms with Gasteiger partial charge in [0.05, 0.1) is 7.11 Å². The third-order valence-electron chi connectivity index (χ3n) is 3.89. The monoisotopic (exact) mass is 303 g/mol. The molecule has 5 heteroatoms. The number of nitrogens with one attached hydrogen (secondary N) is 1. The van der Waals surface area contributed by atoms with Gasteiger partial charge >= 0.3 is 0 Å². The summed E-state index contributed by atoms with van der Waals surface area (Å²) in [6.07, 6.45) is 3.30. The van der Waals surface area contributed by atoms with Gasteiger partial charge in [-0.15, -0.1) is 0 Å². The number of nitrogens with zero attached hydrogens (tertiary/aromatic N) is 2. The van der Waals surface area contributed by atoms with Gasteiger partial charge in [-0.2, -0.15) is 0 Å². The molecule has 23 heavy (non-hydrogen) atoms. The molecule has 0 aliphatic rings. The lowest BCUT2D eigenvalue weighted by molar-refractivity contribution is 0.419. The maximum absolute atomic E-state index is 11.4. The Hall–Kier alpha value is -3.21. The standard InChI is InChI=1S/C18H13N3O2/c1-23-16-6-4-13(14-9-19-10-20-18(14)16)11-2-5-15-12(8-11)3-7-17(22)21-15/h2-10H,1H3,(H,21,22). The zero-order valence-electron chi connectivity index (χ0n) is 12.4. The Morgan fingerprint density at radius 1 is 1.09 bits per heavy atom. The molecule has 0 amide bonds. The van der Waals surface area contributed by atoms with Crippen molar-refractivity contribution in [2.24, 2.45) is 0 Å². The average molecular weight is 303 g/mol. The maximum atomic E-state index is 11.4. The molecule has 0 unspecified atom stereocenters. The van der Waals surface area contributed by atoms with Crippen molar-refractivity contribution in [2.45, 2.75) is 0 Å². The second-order valence-corrected chi connectivity index (χ2v) is 5.23. The van der Waals surface area contributed by atoms with E-state index < -0.39 is 0 Å². The van der Waals surface area contributed by atoms with Crippen molar-refractivity contribution in [1.29, 1.82) is 0 Å². The molecule has 0 aliphatic heterocycles. The Morgan fingerprint density at radius 3 is 2.87 bits per heavy atom. The molecule has 4 aromatic rings. The normalized spacial score (nSPS) is 11.0. The lowest BCUT2D eigenvalue weighted by atomic mass is 9.99. The van der Waals surface area contributed by atoms with E-state index in [1.165, 1.54) is 12.4 Å². The Bertz CT molecular complexity index is 1090. The zero-order chi connectivity index (χ0) is 15.8. The number of ether oxygens (including phenoxy) is 1. The van der Waals surface area contributed by atoms with E-state index in [1.54, 1.807) is 13.3 Å². The minimum atomic E-state index is -0.103. The molecule has 0 fully saturated rings. The number of methoxy groups -OCH3 is 1. The molecular formula is C18H13N3O2. The fourth-order valence-electron chi connectivity index (χ4n) is 2.79. The highest BCUT2D eigenvalue weighted by Crippen LogP contribution is 2.33. The number of aromatic nitrogens is 3. The van der Waals surface area contributed by atoms with E-state index >= 15 is 0 Å². The van der Waals surface area contributed by atoms with E-state index in [9.17, 15) is 4.79 Å². The van der Waals surface area contributed by atoms with E-state index in [1.807, 2.05) is 36.4 Å². The van der Waals surface area contributed by atoms with Gasteiger partial charge in [-0.3, -0.25) is 4.79 Å². The van der Waals surface area contributed by atoms with Gasteiger partial charge in [0.15, 0.2) is 0 Å². The lowest BCUT2D eigenvalue weighted by Crippen LogP contribution is -2.02. The summed E-state index contributed by atoms with van der Waals surface area (Å²) in [5, 5.41) is 1.90. The van der Waals surface area contributed by atoms with Crippen LogP contribution in [0.1, 0.15) is 0 Å². The number of hydrogen-bond donors (Lipinski definition) is 1. The summed E-state index contributed by atoms with van der Waals surface area (Å²) in [5.41, 5.74) is 3.55. The van der Waals surface area contributed by atoms with Crippen molar-refractivity contribution >= 4 is 21.8 Å². The van der Waals surface area contributed by atoms with E-state index in [-0.39, 0.29) is 5.56 Å². The molecule has 0 spiro atoms. The predicted octanol–water partition coefficient (Wildman–Crippen LogP) is 3.15. The quantitative estimate of drug-likeness (QED) is 0.617. The van der Waals surface area contributed by atoms with Crippen LogP contribution in [-0.2, 0) is 0 Å². The minimum absolute atomic E-state index is 0.103. The molecule has 4 rings (SSSR count). The molecule has 0 bridgehead atoms. The van der Waals surface area contributed by atoms with E-state index in [4.69, 9.17) is 4.74 Å². The number of benzene rings is 2. The molecule has 0 aliphatic carbocycles. The van der Waals surface area contributed by atoms with Crippen molar-refractivity contribution < 1.29 is 4.74 Å². The zero-order valence-corrected chi connectivity index (χ0v) is 12.4. The highest BCUT2D eigenvalue weighted by molar-refractivity contribution is 5.99. The fourth-order valence-corrected chi connectivity index (χ4v) is 2.79. The van der Waals surface area contributed by atoms with Crippen LogP contribution in [0.15, 0.2) is 59.8 Å². The second kappa shape index (κ2) is 5.21. The summed E-state index contributed by atoms with van der Waals surface area (Å²) >= 11 is 0. The highest BCUT2D eigenvalue weighted by atomic mass is 16.5. The van der Waals surface area contributed by atoms with Crippen LogP contribution in [0, 0.1) is 0 Å². The number of hydrogen-bond acceptors (Lipinski definition) is 4. The smallest absolute Gasteiger partial charge is 0.248 e. The lowest BCUT2D eigenvalue weighted by Gasteiger charge is -2.10. The summed E-state index contributed by atoms with van der Waals surface area (Å²) in [6.45, 7) is 0. The molecule has 5 nitrogen and oxygen atoms in total. The van der Waals surface area contributed by atoms with Crippen LogP contribution in [-0.4, -0.2) is 22.1 Å². The molecule has 2 aromatic carbocycles. The molecule has 0 atom stereocenters. The molecule has 0 radical (unpaired) electrons. The molecule has 2 heterocycles. The van der Waals surface area contributed by atoms with E-state index in [2.05, 4.69) is 15.0 Å². The number of fused-ring (bicyclic) bond motifs is 2. The molecule has 1 N–H and O–H groups in total. The summed E-state index contributed by atoms with van der Waals surface area (Å²) < 4.78 is 5.37. The fraction of sp³-hybridized carbons (Fsp3) is 0.0556. The summed E-state index contributed by atoms with van der Waals surface area (Å²) in [5.74, 6) is 0.719. The largest absolute Gasteiger partial charge is 0.494 e. The van der Waals surface area contributed by atoms with E-state index in [0.29, 0.717) is 0 Å². The van der Waals surface area contributed by atoms with Gasteiger partial charge in [-0.25, -0.2) is 9.97 Å². The van der Waals surface area contributed by atoms with Crippen LogP contribution in [0.4, 0.5) is 0 Å². The van der Waals surface area contributed by atoms with Crippen LogP contribution in [0.3, 0.4) is 0 Å². The summed E-state index contributed by atoms with van der Waals surface area (Å²) in [4.78, 5) is 22.7. The van der Waals surface area contributed by atoms with Gasteiger partial charge in [0.25, 0.3) is 0 Å². The minimum Gasteiger partial charge on any atom is -0.494 e. The first kappa shape index (κ1) is 13.5. The van der Waals surface area contributed by atoms with Crippen LogP contribution in [0.2, 0.25) is 0 Å². The SMILES string of the molecule is COc1ccc(-c2ccc3[nH]c(=O)ccc3c2)c2cncnc12. The van der Waals surface area contributed by atoms with Gasteiger partial charge in [0.2, 0.25) is 5.56 Å². The van der Waals surface area contributed by atoms with Crippen molar-refractivity contribution in [3.63, 3.8) is 0 Å². The van der Waals surface area contributed by atoms with Gasteiger partial charge in [0.1, 0.15) is 17.6 Å². The summed E-state index contributed by atoms with van der Waals surface area (Å²) in [7, 11) is 1.63. The second-order valence-electron chi connectivity index (χ2n) is 5.23. The summed E-state index contributed by atoms with van der Waals surface area (Å²) in [6, 6.07) is 13.2. The Labute approximate surface area is 131 Å². The molecule has 0 saturated carbocycles. The van der Waals surface area contributed by atoms with Crippen LogP contribution in [0.25, 0.3) is 32.9 Å². The Kier molecular flexibility index (Phi) is 3.05. The molecule has 0 saturated heterocycles. The van der Waals surface area contributed by atoms with Crippen LogP contribution >= 0.6 is 0 Å². The molecule has 2 aromatic heterocycles. The topological polar surface area (TPSA) is 67.9 Å². The van der Waals surface area contributed by atoms with Crippen molar-refractivity contribution in [1.82, 2.24) is 15.0 Å². The third kappa shape index (κ3) is 2.23. The van der Waals surface area contributed by atoms with Crippen LogP contribution < -0.4 is 10.3 Å². The Balaban J connectivity index is 1.99. The van der Waals surface area contributed by atoms with Gasteiger partial charge in [-0.05, 0) is 46.8 Å². The first-order valence-electron chi connectivity index (χ1n) is 7.16. The first-order chi connectivity index (χ1) is 11.3. The molecular weight excluding hydrogens is 290 g/mol. The highest BCUT2D eigenvalue weighted by Gasteiger charge is 2.10. The van der Waals surface area contributed by atoms with Gasteiger partial charge < -0.3 is 9.72 Å². The van der Waals surface area contributed by atoms with Gasteiger partial charge in [-0.1, -0.05) is 6.07 Å². The Morgan fingerprint density at radius 2 is 2.00 bits per heavy atom. The number of H-pyrrole nitrogens is 1. The maximum Gasteiger partial charge on any atom is 0.248 e. The van der Waals surface area contributed by atoms with Crippen molar-refractivity contribution in [3.05, 3.63) is 65.3 Å².